The maximum atomic E-state index is 6.05. The first-order chi connectivity index (χ1) is 9.78. The molecule has 1 fully saturated rings. The SMILES string of the molecule is CCOC1CCN(c2nc(Cl)nc3ccccc23)CC1. The van der Waals surface area contributed by atoms with Crippen LogP contribution in [0.25, 0.3) is 10.9 Å². The first-order valence-corrected chi connectivity index (χ1v) is 7.44. The van der Waals surface area contributed by atoms with E-state index in [2.05, 4.69) is 20.9 Å². The van der Waals surface area contributed by atoms with E-state index < -0.39 is 0 Å². The molecule has 1 aromatic heterocycles. The summed E-state index contributed by atoms with van der Waals surface area (Å²) in [5.41, 5.74) is 0.898. The van der Waals surface area contributed by atoms with E-state index in [0.717, 1.165) is 49.3 Å². The Morgan fingerprint density at radius 2 is 2.00 bits per heavy atom. The third kappa shape index (κ3) is 2.72. The summed E-state index contributed by atoms with van der Waals surface area (Å²) in [6.45, 7) is 4.72. The molecule has 3 rings (SSSR count). The monoisotopic (exact) mass is 291 g/mol. The number of fused-ring (bicyclic) bond motifs is 1. The van der Waals surface area contributed by atoms with E-state index in [4.69, 9.17) is 16.3 Å². The number of anilines is 1. The zero-order valence-corrected chi connectivity index (χ0v) is 12.3. The van der Waals surface area contributed by atoms with Crippen molar-refractivity contribution < 1.29 is 4.74 Å². The Labute approximate surface area is 123 Å². The molecule has 0 saturated carbocycles. The first kappa shape index (κ1) is 13.6. The van der Waals surface area contributed by atoms with E-state index in [-0.39, 0.29) is 0 Å². The zero-order chi connectivity index (χ0) is 13.9. The molecule has 0 radical (unpaired) electrons. The van der Waals surface area contributed by atoms with Gasteiger partial charge in [0, 0.05) is 25.1 Å². The number of rotatable bonds is 3. The lowest BCUT2D eigenvalue weighted by Crippen LogP contribution is -2.37. The van der Waals surface area contributed by atoms with Crippen LogP contribution in [0.3, 0.4) is 0 Å². The van der Waals surface area contributed by atoms with E-state index in [0.29, 0.717) is 11.4 Å². The van der Waals surface area contributed by atoms with Gasteiger partial charge in [0.1, 0.15) is 5.82 Å². The summed E-state index contributed by atoms with van der Waals surface area (Å²) in [4.78, 5) is 11.0. The standard InChI is InChI=1S/C15H18ClN3O/c1-2-20-11-7-9-19(10-8-11)14-12-5-3-4-6-13(12)17-15(16)18-14/h3-6,11H,2,7-10H2,1H3. The van der Waals surface area contributed by atoms with Crippen LogP contribution in [0.1, 0.15) is 19.8 Å². The molecule has 2 aromatic rings. The van der Waals surface area contributed by atoms with E-state index in [1.807, 2.05) is 25.1 Å². The highest BCUT2D eigenvalue weighted by molar-refractivity contribution is 6.28. The van der Waals surface area contributed by atoms with Crippen LogP contribution < -0.4 is 4.90 Å². The van der Waals surface area contributed by atoms with E-state index in [1.165, 1.54) is 0 Å². The van der Waals surface area contributed by atoms with Gasteiger partial charge in [-0.3, -0.25) is 0 Å². The molecule has 0 amide bonds. The largest absolute Gasteiger partial charge is 0.378 e. The van der Waals surface area contributed by atoms with Crippen molar-refractivity contribution in [3.05, 3.63) is 29.5 Å². The predicted octanol–water partition coefficient (Wildman–Crippen LogP) is 3.29. The maximum absolute atomic E-state index is 6.05. The molecule has 0 aliphatic carbocycles. The minimum Gasteiger partial charge on any atom is -0.378 e. The molecular weight excluding hydrogens is 274 g/mol. The molecule has 106 valence electrons. The van der Waals surface area contributed by atoms with Gasteiger partial charge in [-0.2, -0.15) is 4.98 Å². The second-order valence-electron chi connectivity index (χ2n) is 4.98. The minimum atomic E-state index is 0.311. The lowest BCUT2D eigenvalue weighted by atomic mass is 10.1. The van der Waals surface area contributed by atoms with Crippen LogP contribution in [-0.4, -0.2) is 35.8 Å². The number of benzene rings is 1. The molecule has 1 saturated heterocycles. The average molecular weight is 292 g/mol. The summed E-state index contributed by atoms with van der Waals surface area (Å²) >= 11 is 6.05. The van der Waals surface area contributed by atoms with Gasteiger partial charge in [-0.1, -0.05) is 12.1 Å². The Kier molecular flexibility index (Phi) is 4.03. The Hall–Kier alpha value is -1.39. The summed E-state index contributed by atoms with van der Waals surface area (Å²) in [7, 11) is 0. The van der Waals surface area contributed by atoms with Crippen LogP contribution >= 0.6 is 11.6 Å². The number of halogens is 1. The Bertz CT molecular complexity index is 597. The molecule has 5 heteroatoms. The number of piperidine rings is 1. The van der Waals surface area contributed by atoms with Crippen LogP contribution in [-0.2, 0) is 4.74 Å². The number of aromatic nitrogens is 2. The van der Waals surface area contributed by atoms with Crippen molar-refractivity contribution in [2.45, 2.75) is 25.9 Å². The summed E-state index contributed by atoms with van der Waals surface area (Å²) in [6.07, 6.45) is 2.44. The molecule has 1 aromatic carbocycles. The highest BCUT2D eigenvalue weighted by Gasteiger charge is 2.22. The molecule has 1 aliphatic rings. The fraction of sp³-hybridized carbons (Fsp3) is 0.467. The minimum absolute atomic E-state index is 0.311. The quantitative estimate of drug-likeness (QED) is 0.814. The van der Waals surface area contributed by atoms with Gasteiger partial charge in [0.15, 0.2) is 0 Å². The number of hydrogen-bond donors (Lipinski definition) is 0. The van der Waals surface area contributed by atoms with Crippen molar-refractivity contribution in [3.8, 4) is 0 Å². The summed E-state index contributed by atoms with van der Waals surface area (Å²) in [5, 5.41) is 1.37. The van der Waals surface area contributed by atoms with Gasteiger partial charge in [0.05, 0.1) is 11.6 Å². The van der Waals surface area contributed by atoms with Crippen molar-refractivity contribution in [1.29, 1.82) is 0 Å². The van der Waals surface area contributed by atoms with Crippen molar-refractivity contribution in [1.82, 2.24) is 9.97 Å². The zero-order valence-electron chi connectivity index (χ0n) is 11.6. The van der Waals surface area contributed by atoms with Gasteiger partial charge in [-0.25, -0.2) is 4.98 Å². The second kappa shape index (κ2) is 5.94. The second-order valence-corrected chi connectivity index (χ2v) is 5.31. The van der Waals surface area contributed by atoms with Gasteiger partial charge in [0.25, 0.3) is 0 Å². The molecule has 0 atom stereocenters. The molecular formula is C15H18ClN3O. The molecule has 4 nitrogen and oxygen atoms in total. The van der Waals surface area contributed by atoms with Crippen molar-refractivity contribution >= 4 is 28.3 Å². The van der Waals surface area contributed by atoms with E-state index >= 15 is 0 Å². The van der Waals surface area contributed by atoms with Crippen molar-refractivity contribution in [2.24, 2.45) is 0 Å². The van der Waals surface area contributed by atoms with Crippen molar-refractivity contribution in [3.63, 3.8) is 0 Å². The number of ether oxygens (including phenoxy) is 1. The van der Waals surface area contributed by atoms with Crippen LogP contribution in [0, 0.1) is 0 Å². The molecule has 0 bridgehead atoms. The molecule has 2 heterocycles. The van der Waals surface area contributed by atoms with Gasteiger partial charge in [0.2, 0.25) is 5.28 Å². The summed E-state index contributed by atoms with van der Waals surface area (Å²) in [6, 6.07) is 8.00. The number of para-hydroxylation sites is 1. The highest BCUT2D eigenvalue weighted by atomic mass is 35.5. The molecule has 20 heavy (non-hydrogen) atoms. The maximum Gasteiger partial charge on any atom is 0.224 e. The van der Waals surface area contributed by atoms with Gasteiger partial charge in [-0.05, 0) is 43.5 Å². The van der Waals surface area contributed by atoms with Gasteiger partial charge in [-0.15, -0.1) is 0 Å². The smallest absolute Gasteiger partial charge is 0.224 e. The lowest BCUT2D eigenvalue weighted by Gasteiger charge is -2.33. The first-order valence-electron chi connectivity index (χ1n) is 7.06. The summed E-state index contributed by atoms with van der Waals surface area (Å²) in [5.74, 6) is 0.940. The number of nitrogens with zero attached hydrogens (tertiary/aromatic N) is 3. The van der Waals surface area contributed by atoms with Crippen molar-refractivity contribution in [2.75, 3.05) is 24.6 Å². The van der Waals surface area contributed by atoms with Crippen LogP contribution in [0.4, 0.5) is 5.82 Å². The van der Waals surface area contributed by atoms with Gasteiger partial charge >= 0.3 is 0 Å². The lowest BCUT2D eigenvalue weighted by molar-refractivity contribution is 0.0459. The Morgan fingerprint density at radius 3 is 2.75 bits per heavy atom. The fourth-order valence-corrected chi connectivity index (χ4v) is 2.91. The molecule has 0 spiro atoms. The molecule has 1 aliphatic heterocycles. The van der Waals surface area contributed by atoms with Crippen LogP contribution in [0.2, 0.25) is 5.28 Å². The van der Waals surface area contributed by atoms with E-state index in [1.54, 1.807) is 0 Å². The number of hydrogen-bond acceptors (Lipinski definition) is 4. The Morgan fingerprint density at radius 1 is 1.25 bits per heavy atom. The topological polar surface area (TPSA) is 38.2 Å². The van der Waals surface area contributed by atoms with E-state index in [9.17, 15) is 0 Å². The third-order valence-corrected chi connectivity index (χ3v) is 3.87. The fourth-order valence-electron chi connectivity index (χ4n) is 2.74. The average Bonchev–Trinajstić information content (AvgIpc) is 2.47. The normalized spacial score (nSPS) is 16.8. The Balaban J connectivity index is 1.87. The molecule has 0 N–H and O–H groups in total. The van der Waals surface area contributed by atoms with Gasteiger partial charge < -0.3 is 9.64 Å². The summed E-state index contributed by atoms with van der Waals surface area (Å²) < 4.78 is 5.69. The highest BCUT2D eigenvalue weighted by Crippen LogP contribution is 2.28. The third-order valence-electron chi connectivity index (χ3n) is 3.70. The predicted molar refractivity (Wildman–Crippen MR) is 81.4 cm³/mol. The molecule has 0 unspecified atom stereocenters. The van der Waals surface area contributed by atoms with Crippen LogP contribution in [0.15, 0.2) is 24.3 Å². The van der Waals surface area contributed by atoms with Crippen LogP contribution in [0.5, 0.6) is 0 Å².